The molecule has 1 aliphatic rings. The van der Waals surface area contributed by atoms with Gasteiger partial charge < -0.3 is 14.6 Å². The summed E-state index contributed by atoms with van der Waals surface area (Å²) in [5, 5.41) is 3.34. The third kappa shape index (κ3) is 2.86. The smallest absolute Gasteiger partial charge is 0.258 e. The van der Waals surface area contributed by atoms with Crippen molar-refractivity contribution in [1.29, 1.82) is 0 Å². The summed E-state index contributed by atoms with van der Waals surface area (Å²) in [7, 11) is 0. The predicted octanol–water partition coefficient (Wildman–Crippen LogP) is 1.73. The largest absolute Gasteiger partial charge is 0.368 e. The second kappa shape index (κ2) is 6.21. The Bertz CT molecular complexity index is 1200. The van der Waals surface area contributed by atoms with Gasteiger partial charge in [0.2, 0.25) is 0 Å². The Kier molecular flexibility index (Phi) is 3.68. The van der Waals surface area contributed by atoms with Crippen LogP contribution in [0.4, 0.5) is 5.69 Å². The number of rotatable bonds is 2. The molecule has 1 aliphatic heterocycles. The van der Waals surface area contributed by atoms with Crippen molar-refractivity contribution in [2.24, 2.45) is 0 Å². The molecule has 4 aromatic rings. The number of aryl methyl sites for hydroxylation is 1. The van der Waals surface area contributed by atoms with Gasteiger partial charge in [-0.05, 0) is 30.7 Å². The summed E-state index contributed by atoms with van der Waals surface area (Å²) in [4.78, 5) is 24.3. The molecule has 5 rings (SSSR count). The van der Waals surface area contributed by atoms with Crippen LogP contribution < -0.4 is 15.8 Å². The minimum absolute atomic E-state index is 0.0970. The quantitative estimate of drug-likeness (QED) is 0.590. The molecule has 1 saturated heterocycles. The summed E-state index contributed by atoms with van der Waals surface area (Å²) in [6, 6.07) is 9.48. The Morgan fingerprint density at radius 3 is 2.56 bits per heavy atom. The van der Waals surface area contributed by atoms with E-state index < -0.39 is 0 Å². The molecule has 0 aliphatic carbocycles. The first-order valence-electron chi connectivity index (χ1n) is 9.12. The molecule has 7 nitrogen and oxygen atoms in total. The summed E-state index contributed by atoms with van der Waals surface area (Å²) in [5.74, 6) is 0. The molecule has 0 atom stereocenters. The minimum Gasteiger partial charge on any atom is -0.368 e. The highest BCUT2D eigenvalue weighted by molar-refractivity contribution is 5.62. The molecule has 0 bridgehead atoms. The molecule has 0 unspecified atom stereocenters. The standard InChI is InChI=1S/C20H20N6O/c1-14-2-4-18-23-17(13-25(18)11-14)16-10-20(27)26-12-15(3-5-19(26)22-16)24-8-6-21-7-9-24/h2-5,10-13,21H,6-9H2,1H3. The van der Waals surface area contributed by atoms with Crippen LogP contribution in [0.5, 0.6) is 0 Å². The summed E-state index contributed by atoms with van der Waals surface area (Å²) in [6.07, 6.45) is 5.81. The molecular weight excluding hydrogens is 340 g/mol. The molecule has 136 valence electrons. The molecule has 7 heteroatoms. The summed E-state index contributed by atoms with van der Waals surface area (Å²) < 4.78 is 3.57. The van der Waals surface area contributed by atoms with Gasteiger partial charge in [0, 0.05) is 50.8 Å². The lowest BCUT2D eigenvalue weighted by Gasteiger charge is -2.29. The van der Waals surface area contributed by atoms with E-state index in [1.54, 1.807) is 10.5 Å². The summed E-state index contributed by atoms with van der Waals surface area (Å²) in [5.41, 5.74) is 4.86. The van der Waals surface area contributed by atoms with Gasteiger partial charge in [0.1, 0.15) is 17.0 Å². The zero-order valence-corrected chi connectivity index (χ0v) is 15.1. The maximum atomic E-state index is 12.7. The fourth-order valence-corrected chi connectivity index (χ4v) is 3.56. The van der Waals surface area contributed by atoms with Crippen molar-refractivity contribution in [3.8, 4) is 11.4 Å². The Morgan fingerprint density at radius 1 is 0.926 bits per heavy atom. The molecule has 4 aromatic heterocycles. The first kappa shape index (κ1) is 16.0. The van der Waals surface area contributed by atoms with Crippen molar-refractivity contribution in [2.45, 2.75) is 6.92 Å². The van der Waals surface area contributed by atoms with Gasteiger partial charge in [-0.2, -0.15) is 0 Å². The number of fused-ring (bicyclic) bond motifs is 2. The SMILES string of the molecule is Cc1ccc2nc(-c3cc(=O)n4cc(N5CCNCC5)ccc4n3)cn2c1. The van der Waals surface area contributed by atoms with Gasteiger partial charge >= 0.3 is 0 Å². The van der Waals surface area contributed by atoms with Crippen LogP contribution in [0.15, 0.2) is 53.7 Å². The lowest BCUT2D eigenvalue weighted by Crippen LogP contribution is -2.43. The number of nitrogens with one attached hydrogen (secondary N) is 1. The highest BCUT2D eigenvalue weighted by Gasteiger charge is 2.13. The van der Waals surface area contributed by atoms with E-state index in [2.05, 4.69) is 20.2 Å². The van der Waals surface area contributed by atoms with E-state index in [9.17, 15) is 4.79 Å². The Hall–Kier alpha value is -3.19. The fourth-order valence-electron chi connectivity index (χ4n) is 3.56. The lowest BCUT2D eigenvalue weighted by molar-refractivity contribution is 0.588. The molecule has 1 fully saturated rings. The highest BCUT2D eigenvalue weighted by Crippen LogP contribution is 2.19. The van der Waals surface area contributed by atoms with E-state index in [-0.39, 0.29) is 5.56 Å². The first-order valence-corrected chi connectivity index (χ1v) is 9.12. The number of hydrogen-bond donors (Lipinski definition) is 1. The molecule has 0 aromatic carbocycles. The molecule has 0 radical (unpaired) electrons. The van der Waals surface area contributed by atoms with Gasteiger partial charge in [-0.25, -0.2) is 9.97 Å². The molecule has 5 heterocycles. The average molecular weight is 360 g/mol. The zero-order chi connectivity index (χ0) is 18.4. The number of hydrogen-bond acceptors (Lipinski definition) is 5. The van der Waals surface area contributed by atoms with Crippen LogP contribution in [0.2, 0.25) is 0 Å². The zero-order valence-electron chi connectivity index (χ0n) is 15.1. The van der Waals surface area contributed by atoms with Crippen molar-refractivity contribution < 1.29 is 0 Å². The third-order valence-corrected chi connectivity index (χ3v) is 4.99. The van der Waals surface area contributed by atoms with Crippen LogP contribution in [0, 0.1) is 6.92 Å². The van der Waals surface area contributed by atoms with Crippen LogP contribution >= 0.6 is 0 Å². The monoisotopic (exact) mass is 360 g/mol. The summed E-state index contributed by atoms with van der Waals surface area (Å²) in [6.45, 7) is 5.82. The van der Waals surface area contributed by atoms with Crippen molar-refractivity contribution in [3.05, 3.63) is 64.8 Å². The topological polar surface area (TPSA) is 66.9 Å². The third-order valence-electron chi connectivity index (χ3n) is 4.99. The van der Waals surface area contributed by atoms with Crippen LogP contribution in [-0.4, -0.2) is 44.9 Å². The maximum absolute atomic E-state index is 12.7. The second-order valence-electron chi connectivity index (χ2n) is 6.93. The van der Waals surface area contributed by atoms with Crippen LogP contribution in [0.3, 0.4) is 0 Å². The molecular formula is C20H20N6O. The van der Waals surface area contributed by atoms with Crippen molar-refractivity contribution in [3.63, 3.8) is 0 Å². The van der Waals surface area contributed by atoms with Gasteiger partial charge in [0.25, 0.3) is 5.56 Å². The second-order valence-corrected chi connectivity index (χ2v) is 6.93. The van der Waals surface area contributed by atoms with E-state index >= 15 is 0 Å². The molecule has 0 saturated carbocycles. The van der Waals surface area contributed by atoms with Crippen LogP contribution in [0.1, 0.15) is 5.56 Å². The van der Waals surface area contributed by atoms with Gasteiger partial charge in [-0.3, -0.25) is 9.20 Å². The molecule has 27 heavy (non-hydrogen) atoms. The normalized spacial score (nSPS) is 14.9. The Morgan fingerprint density at radius 2 is 1.70 bits per heavy atom. The maximum Gasteiger partial charge on any atom is 0.258 e. The number of imidazole rings is 1. The van der Waals surface area contributed by atoms with Crippen molar-refractivity contribution in [2.75, 3.05) is 31.1 Å². The number of piperazine rings is 1. The van der Waals surface area contributed by atoms with Crippen molar-refractivity contribution >= 4 is 17.0 Å². The number of anilines is 1. The van der Waals surface area contributed by atoms with E-state index in [4.69, 9.17) is 0 Å². The minimum atomic E-state index is -0.0970. The van der Waals surface area contributed by atoms with Gasteiger partial charge in [-0.15, -0.1) is 0 Å². The molecule has 0 spiro atoms. The van der Waals surface area contributed by atoms with Crippen LogP contribution in [-0.2, 0) is 0 Å². The Labute approximate surface area is 155 Å². The Balaban J connectivity index is 1.58. The van der Waals surface area contributed by atoms with E-state index in [1.165, 1.54) is 0 Å². The van der Waals surface area contributed by atoms with Gasteiger partial charge in [-0.1, -0.05) is 6.07 Å². The first-order chi connectivity index (χ1) is 13.2. The van der Waals surface area contributed by atoms with E-state index in [0.717, 1.165) is 43.1 Å². The van der Waals surface area contributed by atoms with E-state index in [0.29, 0.717) is 17.0 Å². The average Bonchev–Trinajstić information content (AvgIpc) is 3.11. The van der Waals surface area contributed by atoms with Crippen LogP contribution in [0.25, 0.3) is 22.7 Å². The van der Waals surface area contributed by atoms with Gasteiger partial charge in [0.05, 0.1) is 11.4 Å². The number of pyridine rings is 2. The number of nitrogens with zero attached hydrogens (tertiary/aromatic N) is 5. The summed E-state index contributed by atoms with van der Waals surface area (Å²) >= 11 is 0. The van der Waals surface area contributed by atoms with Gasteiger partial charge in [0.15, 0.2) is 0 Å². The molecule has 0 amide bonds. The fraction of sp³-hybridized carbons (Fsp3) is 0.250. The number of aromatic nitrogens is 4. The highest BCUT2D eigenvalue weighted by atomic mass is 16.1. The molecule has 1 N–H and O–H groups in total. The predicted molar refractivity (Wildman–Crippen MR) is 105 cm³/mol. The van der Waals surface area contributed by atoms with Crippen molar-refractivity contribution in [1.82, 2.24) is 24.1 Å². The lowest BCUT2D eigenvalue weighted by atomic mass is 10.3. The van der Waals surface area contributed by atoms with E-state index in [1.807, 2.05) is 54.2 Å².